The van der Waals surface area contributed by atoms with E-state index in [-0.39, 0.29) is 12.1 Å². The van der Waals surface area contributed by atoms with Gasteiger partial charge in [-0.25, -0.2) is 0 Å². The van der Waals surface area contributed by atoms with Crippen molar-refractivity contribution in [2.24, 2.45) is 0 Å². The average molecular weight is 193 g/mol. The second kappa shape index (κ2) is 5.78. The van der Waals surface area contributed by atoms with Gasteiger partial charge in [0.15, 0.2) is 0 Å². The third kappa shape index (κ3) is 3.48. The number of hydrogen-bond acceptors (Lipinski definition) is 2. The molecule has 0 radical (unpaired) electrons. The maximum atomic E-state index is 9.54. The van der Waals surface area contributed by atoms with Gasteiger partial charge < -0.3 is 10.4 Å². The molecule has 0 saturated carbocycles. The van der Waals surface area contributed by atoms with E-state index in [1.807, 2.05) is 32.0 Å². The molecule has 0 unspecified atom stereocenters. The van der Waals surface area contributed by atoms with Crippen molar-refractivity contribution < 1.29 is 5.11 Å². The van der Waals surface area contributed by atoms with Gasteiger partial charge in [0.05, 0.1) is 6.10 Å². The minimum atomic E-state index is -0.251. The minimum absolute atomic E-state index is 0.153. The van der Waals surface area contributed by atoms with E-state index in [1.165, 1.54) is 5.56 Å². The maximum Gasteiger partial charge on any atom is 0.0687 e. The van der Waals surface area contributed by atoms with Crippen molar-refractivity contribution in [3.8, 4) is 0 Å². The van der Waals surface area contributed by atoms with Crippen LogP contribution in [0.15, 0.2) is 30.3 Å². The van der Waals surface area contributed by atoms with Gasteiger partial charge in [-0.05, 0) is 18.9 Å². The second-order valence-corrected chi connectivity index (χ2v) is 3.63. The second-order valence-electron chi connectivity index (χ2n) is 3.63. The Morgan fingerprint density at radius 3 is 2.50 bits per heavy atom. The standard InChI is InChI=1S/C12H19NO/c1-3-12(14)10(2)13-9-11-7-5-4-6-8-11/h4-8,10,12-14H,3,9H2,1-2H3/t10-,12-/m0/s1. The Morgan fingerprint density at radius 2 is 1.93 bits per heavy atom. The first-order valence-electron chi connectivity index (χ1n) is 5.19. The zero-order valence-electron chi connectivity index (χ0n) is 8.90. The first kappa shape index (κ1) is 11.2. The molecular weight excluding hydrogens is 174 g/mol. The summed E-state index contributed by atoms with van der Waals surface area (Å²) in [6.07, 6.45) is 0.543. The molecule has 0 aliphatic rings. The van der Waals surface area contributed by atoms with Crippen LogP contribution in [-0.2, 0) is 6.54 Å². The van der Waals surface area contributed by atoms with Crippen molar-refractivity contribution in [2.75, 3.05) is 0 Å². The number of benzene rings is 1. The molecule has 0 saturated heterocycles. The zero-order chi connectivity index (χ0) is 10.4. The lowest BCUT2D eigenvalue weighted by atomic mass is 10.1. The van der Waals surface area contributed by atoms with Gasteiger partial charge in [0.2, 0.25) is 0 Å². The van der Waals surface area contributed by atoms with Crippen LogP contribution in [0.25, 0.3) is 0 Å². The van der Waals surface area contributed by atoms with E-state index in [0.717, 1.165) is 13.0 Å². The van der Waals surface area contributed by atoms with Gasteiger partial charge in [0.25, 0.3) is 0 Å². The first-order valence-corrected chi connectivity index (χ1v) is 5.19. The van der Waals surface area contributed by atoms with Crippen LogP contribution in [0, 0.1) is 0 Å². The van der Waals surface area contributed by atoms with Gasteiger partial charge >= 0.3 is 0 Å². The zero-order valence-corrected chi connectivity index (χ0v) is 8.90. The topological polar surface area (TPSA) is 32.3 Å². The molecule has 2 atom stereocenters. The molecule has 0 bridgehead atoms. The Hall–Kier alpha value is -0.860. The van der Waals surface area contributed by atoms with E-state index in [2.05, 4.69) is 17.4 Å². The maximum absolute atomic E-state index is 9.54. The highest BCUT2D eigenvalue weighted by atomic mass is 16.3. The fraction of sp³-hybridized carbons (Fsp3) is 0.500. The van der Waals surface area contributed by atoms with Crippen LogP contribution in [0.5, 0.6) is 0 Å². The molecule has 0 amide bonds. The molecule has 0 fully saturated rings. The Morgan fingerprint density at radius 1 is 1.29 bits per heavy atom. The van der Waals surface area contributed by atoms with E-state index in [9.17, 15) is 5.11 Å². The third-order valence-electron chi connectivity index (χ3n) is 2.47. The summed E-state index contributed by atoms with van der Waals surface area (Å²) in [7, 11) is 0. The van der Waals surface area contributed by atoms with E-state index in [4.69, 9.17) is 0 Å². The Kier molecular flexibility index (Phi) is 4.63. The van der Waals surface area contributed by atoms with Crippen LogP contribution < -0.4 is 5.32 Å². The summed E-state index contributed by atoms with van der Waals surface area (Å²) in [5, 5.41) is 12.8. The molecular formula is C12H19NO. The molecule has 14 heavy (non-hydrogen) atoms. The van der Waals surface area contributed by atoms with Crippen molar-refractivity contribution in [3.63, 3.8) is 0 Å². The Balaban J connectivity index is 2.34. The molecule has 1 rings (SSSR count). The predicted molar refractivity (Wildman–Crippen MR) is 59.0 cm³/mol. The molecule has 0 aromatic heterocycles. The predicted octanol–water partition coefficient (Wildman–Crippen LogP) is 1.94. The van der Waals surface area contributed by atoms with Gasteiger partial charge in [-0.1, -0.05) is 37.3 Å². The largest absolute Gasteiger partial charge is 0.392 e. The van der Waals surface area contributed by atoms with Gasteiger partial charge in [0, 0.05) is 12.6 Å². The Labute approximate surface area is 86.0 Å². The highest BCUT2D eigenvalue weighted by molar-refractivity contribution is 5.14. The molecule has 0 aliphatic carbocycles. The fourth-order valence-corrected chi connectivity index (χ4v) is 1.36. The van der Waals surface area contributed by atoms with E-state index >= 15 is 0 Å². The van der Waals surface area contributed by atoms with Crippen molar-refractivity contribution in [2.45, 2.75) is 39.0 Å². The number of nitrogens with one attached hydrogen (secondary N) is 1. The molecule has 2 N–H and O–H groups in total. The molecule has 0 heterocycles. The number of aliphatic hydroxyl groups excluding tert-OH is 1. The van der Waals surface area contributed by atoms with Crippen LogP contribution >= 0.6 is 0 Å². The lowest BCUT2D eigenvalue weighted by Crippen LogP contribution is -2.36. The molecule has 2 nitrogen and oxygen atoms in total. The van der Waals surface area contributed by atoms with Crippen LogP contribution in [0.1, 0.15) is 25.8 Å². The summed E-state index contributed by atoms with van der Waals surface area (Å²) in [6, 6.07) is 10.4. The fourth-order valence-electron chi connectivity index (χ4n) is 1.36. The first-order chi connectivity index (χ1) is 6.74. The lowest BCUT2D eigenvalue weighted by molar-refractivity contribution is 0.130. The molecule has 2 heteroatoms. The summed E-state index contributed by atoms with van der Waals surface area (Å²) >= 11 is 0. The van der Waals surface area contributed by atoms with E-state index in [0.29, 0.717) is 0 Å². The molecule has 0 aliphatic heterocycles. The number of hydrogen-bond donors (Lipinski definition) is 2. The van der Waals surface area contributed by atoms with Crippen LogP contribution in [0.3, 0.4) is 0 Å². The molecule has 78 valence electrons. The summed E-state index contributed by atoms with van der Waals surface area (Å²) in [5.74, 6) is 0. The molecule has 1 aromatic rings. The minimum Gasteiger partial charge on any atom is -0.392 e. The van der Waals surface area contributed by atoms with Crippen molar-refractivity contribution in [3.05, 3.63) is 35.9 Å². The van der Waals surface area contributed by atoms with Crippen molar-refractivity contribution in [1.82, 2.24) is 5.32 Å². The number of aliphatic hydroxyl groups is 1. The van der Waals surface area contributed by atoms with E-state index in [1.54, 1.807) is 0 Å². The summed E-state index contributed by atoms with van der Waals surface area (Å²) in [6.45, 7) is 4.82. The van der Waals surface area contributed by atoms with Crippen molar-refractivity contribution in [1.29, 1.82) is 0 Å². The lowest BCUT2D eigenvalue weighted by Gasteiger charge is -2.18. The Bertz CT molecular complexity index is 248. The van der Waals surface area contributed by atoms with Crippen LogP contribution in [0.2, 0.25) is 0 Å². The quantitative estimate of drug-likeness (QED) is 0.749. The highest BCUT2D eigenvalue weighted by Gasteiger charge is 2.10. The normalized spacial score (nSPS) is 15.1. The van der Waals surface area contributed by atoms with Gasteiger partial charge in [-0.2, -0.15) is 0 Å². The molecule has 0 spiro atoms. The average Bonchev–Trinajstić information content (AvgIpc) is 2.26. The molecule has 1 aromatic carbocycles. The summed E-state index contributed by atoms with van der Waals surface area (Å²) in [5.41, 5.74) is 1.25. The van der Waals surface area contributed by atoms with Crippen LogP contribution in [-0.4, -0.2) is 17.3 Å². The van der Waals surface area contributed by atoms with Gasteiger partial charge in [-0.15, -0.1) is 0 Å². The summed E-state index contributed by atoms with van der Waals surface area (Å²) < 4.78 is 0. The third-order valence-corrected chi connectivity index (χ3v) is 2.47. The summed E-state index contributed by atoms with van der Waals surface area (Å²) in [4.78, 5) is 0. The van der Waals surface area contributed by atoms with Crippen LogP contribution in [0.4, 0.5) is 0 Å². The van der Waals surface area contributed by atoms with Gasteiger partial charge in [0.1, 0.15) is 0 Å². The highest BCUT2D eigenvalue weighted by Crippen LogP contribution is 2.01. The number of rotatable bonds is 5. The monoisotopic (exact) mass is 193 g/mol. The van der Waals surface area contributed by atoms with E-state index < -0.39 is 0 Å². The van der Waals surface area contributed by atoms with Crippen molar-refractivity contribution >= 4 is 0 Å². The SMILES string of the molecule is CC[C@H](O)[C@H](C)NCc1ccccc1. The smallest absolute Gasteiger partial charge is 0.0687 e. The van der Waals surface area contributed by atoms with Gasteiger partial charge in [-0.3, -0.25) is 0 Å².